The predicted molar refractivity (Wildman–Crippen MR) is 85.9 cm³/mol. The Morgan fingerprint density at radius 3 is 2.59 bits per heavy atom. The van der Waals surface area contributed by atoms with E-state index in [1.807, 2.05) is 24.3 Å². The zero-order valence-electron chi connectivity index (χ0n) is 12.1. The van der Waals surface area contributed by atoms with Crippen molar-refractivity contribution in [2.24, 2.45) is 0 Å². The van der Waals surface area contributed by atoms with Crippen molar-refractivity contribution in [3.63, 3.8) is 0 Å². The molecule has 0 spiro atoms. The van der Waals surface area contributed by atoms with Gasteiger partial charge in [-0.15, -0.1) is 0 Å². The molecule has 0 aromatic heterocycles. The van der Waals surface area contributed by atoms with Crippen LogP contribution in [0.25, 0.3) is 10.8 Å². The van der Waals surface area contributed by atoms with Gasteiger partial charge in [0.15, 0.2) is 9.84 Å². The summed E-state index contributed by atoms with van der Waals surface area (Å²) in [5, 5.41) is 5.06. The standard InChI is InChI=1S/C17H17NO3S/c19-17(18-13-8-9-22(20,21)10-13)15-7-6-12-5-4-11-2-1-3-14(15)16(11)12/h1-3,6-7,13H,4-5,8-10H2,(H,18,19)/t13-/m0/s1. The SMILES string of the molecule is O=C(N[C@H]1CCS(=O)(=O)C1)c1ccc2c3c(cccc13)CC2. The number of nitrogens with one attached hydrogen (secondary N) is 1. The lowest BCUT2D eigenvalue weighted by Gasteiger charge is -2.13. The lowest BCUT2D eigenvalue weighted by atomic mass is 9.99. The van der Waals surface area contributed by atoms with Gasteiger partial charge in [-0.05, 0) is 47.2 Å². The van der Waals surface area contributed by atoms with Gasteiger partial charge in [0.1, 0.15) is 0 Å². The molecule has 2 aliphatic rings. The van der Waals surface area contributed by atoms with Crippen LogP contribution in [0.15, 0.2) is 30.3 Å². The van der Waals surface area contributed by atoms with E-state index in [0.29, 0.717) is 12.0 Å². The van der Waals surface area contributed by atoms with Crippen LogP contribution in [0.2, 0.25) is 0 Å². The summed E-state index contributed by atoms with van der Waals surface area (Å²) in [6.07, 6.45) is 2.56. The highest BCUT2D eigenvalue weighted by Gasteiger charge is 2.29. The minimum absolute atomic E-state index is 0.0556. The fraction of sp³-hybridized carbons (Fsp3) is 0.353. The molecule has 2 aromatic carbocycles. The van der Waals surface area contributed by atoms with Crippen molar-refractivity contribution in [3.05, 3.63) is 47.0 Å². The number of hydrogen-bond acceptors (Lipinski definition) is 3. The van der Waals surface area contributed by atoms with E-state index in [9.17, 15) is 13.2 Å². The lowest BCUT2D eigenvalue weighted by Crippen LogP contribution is -2.35. The van der Waals surface area contributed by atoms with Gasteiger partial charge in [0, 0.05) is 11.6 Å². The molecule has 1 aliphatic carbocycles. The highest BCUT2D eigenvalue weighted by molar-refractivity contribution is 7.91. The number of carbonyl (C=O) groups is 1. The Morgan fingerprint density at radius 1 is 1.09 bits per heavy atom. The molecular weight excluding hydrogens is 298 g/mol. The van der Waals surface area contributed by atoms with Crippen LogP contribution in [0.5, 0.6) is 0 Å². The average molecular weight is 315 g/mol. The smallest absolute Gasteiger partial charge is 0.252 e. The number of carbonyl (C=O) groups excluding carboxylic acids is 1. The molecule has 2 aromatic rings. The molecule has 5 heteroatoms. The van der Waals surface area contributed by atoms with E-state index in [-0.39, 0.29) is 23.5 Å². The molecule has 1 fully saturated rings. The third kappa shape index (κ3) is 2.20. The molecule has 1 atom stereocenters. The van der Waals surface area contributed by atoms with Crippen molar-refractivity contribution in [3.8, 4) is 0 Å². The molecule has 22 heavy (non-hydrogen) atoms. The number of hydrogen-bond donors (Lipinski definition) is 1. The van der Waals surface area contributed by atoms with Crippen molar-refractivity contribution in [2.75, 3.05) is 11.5 Å². The summed E-state index contributed by atoms with van der Waals surface area (Å²) < 4.78 is 23.0. The second-order valence-corrected chi connectivity index (χ2v) is 8.41. The summed E-state index contributed by atoms with van der Waals surface area (Å²) in [6, 6.07) is 9.72. The first-order valence-electron chi connectivity index (χ1n) is 7.58. The first kappa shape index (κ1) is 13.8. The Labute approximate surface area is 129 Å². The molecule has 0 unspecified atom stereocenters. The van der Waals surface area contributed by atoms with Crippen LogP contribution in [0.3, 0.4) is 0 Å². The van der Waals surface area contributed by atoms with Crippen LogP contribution < -0.4 is 5.32 Å². The Bertz CT molecular complexity index is 876. The average Bonchev–Trinajstić information content (AvgIpc) is 3.04. The zero-order valence-corrected chi connectivity index (χ0v) is 12.9. The van der Waals surface area contributed by atoms with Crippen molar-refractivity contribution in [1.29, 1.82) is 0 Å². The van der Waals surface area contributed by atoms with E-state index in [1.165, 1.54) is 16.5 Å². The van der Waals surface area contributed by atoms with E-state index < -0.39 is 9.84 Å². The molecule has 114 valence electrons. The lowest BCUT2D eigenvalue weighted by molar-refractivity contribution is 0.0943. The number of rotatable bonds is 2. The summed E-state index contributed by atoms with van der Waals surface area (Å²) in [5.41, 5.74) is 3.24. The van der Waals surface area contributed by atoms with E-state index in [1.54, 1.807) is 0 Å². The maximum absolute atomic E-state index is 12.6. The Balaban J connectivity index is 1.69. The van der Waals surface area contributed by atoms with E-state index in [4.69, 9.17) is 0 Å². The van der Waals surface area contributed by atoms with Crippen molar-refractivity contribution in [2.45, 2.75) is 25.3 Å². The van der Waals surface area contributed by atoms with Gasteiger partial charge in [-0.25, -0.2) is 8.42 Å². The second-order valence-electron chi connectivity index (χ2n) is 6.19. The Morgan fingerprint density at radius 2 is 1.86 bits per heavy atom. The topological polar surface area (TPSA) is 63.2 Å². The molecule has 1 heterocycles. The van der Waals surface area contributed by atoms with Gasteiger partial charge in [-0.2, -0.15) is 0 Å². The van der Waals surface area contributed by atoms with Crippen LogP contribution in [-0.2, 0) is 22.7 Å². The van der Waals surface area contributed by atoms with Crippen LogP contribution in [0, 0.1) is 0 Å². The van der Waals surface area contributed by atoms with Crippen molar-refractivity contribution >= 4 is 26.5 Å². The molecule has 0 radical (unpaired) electrons. The highest BCUT2D eigenvalue weighted by atomic mass is 32.2. The van der Waals surface area contributed by atoms with Crippen LogP contribution in [-0.4, -0.2) is 31.9 Å². The normalized spacial score (nSPS) is 22.1. The van der Waals surface area contributed by atoms with E-state index in [0.717, 1.165) is 18.2 Å². The number of benzene rings is 2. The molecule has 0 saturated carbocycles. The second kappa shape index (κ2) is 4.81. The molecule has 1 saturated heterocycles. The summed E-state index contributed by atoms with van der Waals surface area (Å²) >= 11 is 0. The maximum atomic E-state index is 12.6. The third-order valence-corrected chi connectivity index (χ3v) is 6.46. The van der Waals surface area contributed by atoms with Gasteiger partial charge in [0.25, 0.3) is 5.91 Å². The predicted octanol–water partition coefficient (Wildman–Crippen LogP) is 1.86. The fourth-order valence-electron chi connectivity index (χ4n) is 3.62. The number of aryl methyl sites for hydroxylation is 2. The van der Waals surface area contributed by atoms with Gasteiger partial charge in [-0.3, -0.25) is 4.79 Å². The van der Waals surface area contributed by atoms with E-state index in [2.05, 4.69) is 11.4 Å². The summed E-state index contributed by atoms with van der Waals surface area (Å²) in [5.74, 6) is 0.0552. The highest BCUT2D eigenvalue weighted by Crippen LogP contribution is 2.32. The monoisotopic (exact) mass is 315 g/mol. The fourth-order valence-corrected chi connectivity index (χ4v) is 5.29. The van der Waals surface area contributed by atoms with Crippen molar-refractivity contribution < 1.29 is 13.2 Å². The Kier molecular flexibility index (Phi) is 3.01. The van der Waals surface area contributed by atoms with Crippen molar-refractivity contribution in [1.82, 2.24) is 5.32 Å². The first-order valence-corrected chi connectivity index (χ1v) is 9.40. The summed E-state index contributed by atoms with van der Waals surface area (Å²) in [6.45, 7) is 0. The Hall–Kier alpha value is -1.88. The van der Waals surface area contributed by atoms with Gasteiger partial charge < -0.3 is 5.32 Å². The molecule has 1 aliphatic heterocycles. The molecule has 4 nitrogen and oxygen atoms in total. The minimum Gasteiger partial charge on any atom is -0.348 e. The van der Waals surface area contributed by atoms with Crippen LogP contribution in [0.1, 0.15) is 27.9 Å². The molecule has 1 N–H and O–H groups in total. The molecule has 0 bridgehead atoms. The van der Waals surface area contributed by atoms with E-state index >= 15 is 0 Å². The third-order valence-electron chi connectivity index (χ3n) is 4.69. The quantitative estimate of drug-likeness (QED) is 0.920. The minimum atomic E-state index is -2.98. The largest absolute Gasteiger partial charge is 0.348 e. The summed E-state index contributed by atoms with van der Waals surface area (Å²) in [4.78, 5) is 12.6. The van der Waals surface area contributed by atoms with Crippen LogP contribution >= 0.6 is 0 Å². The van der Waals surface area contributed by atoms with Crippen LogP contribution in [0.4, 0.5) is 0 Å². The van der Waals surface area contributed by atoms with Gasteiger partial charge in [0.05, 0.1) is 11.5 Å². The van der Waals surface area contributed by atoms with Gasteiger partial charge in [0.2, 0.25) is 0 Å². The molecule has 4 rings (SSSR count). The van der Waals surface area contributed by atoms with Gasteiger partial charge in [-0.1, -0.05) is 24.3 Å². The molecular formula is C17H17NO3S. The van der Waals surface area contributed by atoms with Gasteiger partial charge >= 0.3 is 0 Å². The molecule has 1 amide bonds. The number of amides is 1. The first-order chi connectivity index (χ1) is 10.5. The maximum Gasteiger partial charge on any atom is 0.252 e. The summed E-state index contributed by atoms with van der Waals surface area (Å²) in [7, 11) is -2.98. The zero-order chi connectivity index (χ0) is 15.3. The number of sulfone groups is 1.